The zero-order valence-electron chi connectivity index (χ0n) is 7.29. The van der Waals surface area contributed by atoms with Crippen molar-refractivity contribution in [3.8, 4) is 0 Å². The minimum Gasteiger partial charge on any atom is -0.345 e. The third kappa shape index (κ3) is 1.24. The van der Waals surface area contributed by atoms with Crippen molar-refractivity contribution < 1.29 is 4.79 Å². The SMILES string of the molecule is C=CC[C@H]1NC(=O)c2ccccc21. The largest absolute Gasteiger partial charge is 0.345 e. The molecule has 0 saturated heterocycles. The second-order valence-electron chi connectivity index (χ2n) is 3.14. The highest BCUT2D eigenvalue weighted by atomic mass is 16.2. The third-order valence-corrected chi connectivity index (χ3v) is 2.29. The third-order valence-electron chi connectivity index (χ3n) is 2.29. The van der Waals surface area contributed by atoms with Crippen molar-refractivity contribution in [2.24, 2.45) is 0 Å². The number of benzene rings is 1. The molecular weight excluding hydrogens is 162 g/mol. The van der Waals surface area contributed by atoms with Gasteiger partial charge in [-0.3, -0.25) is 4.79 Å². The van der Waals surface area contributed by atoms with Gasteiger partial charge in [-0.15, -0.1) is 6.58 Å². The van der Waals surface area contributed by atoms with Crippen molar-refractivity contribution in [2.45, 2.75) is 12.5 Å². The van der Waals surface area contributed by atoms with Gasteiger partial charge >= 0.3 is 0 Å². The Morgan fingerprint density at radius 2 is 2.23 bits per heavy atom. The van der Waals surface area contributed by atoms with E-state index >= 15 is 0 Å². The number of nitrogens with one attached hydrogen (secondary N) is 1. The van der Waals surface area contributed by atoms with Crippen LogP contribution in [0.4, 0.5) is 0 Å². The van der Waals surface area contributed by atoms with E-state index in [0.717, 1.165) is 17.5 Å². The van der Waals surface area contributed by atoms with Crippen molar-refractivity contribution in [2.75, 3.05) is 0 Å². The van der Waals surface area contributed by atoms with E-state index in [1.54, 1.807) is 0 Å². The van der Waals surface area contributed by atoms with Crippen molar-refractivity contribution in [1.29, 1.82) is 0 Å². The summed E-state index contributed by atoms with van der Waals surface area (Å²) in [6.07, 6.45) is 2.62. The van der Waals surface area contributed by atoms with E-state index in [4.69, 9.17) is 0 Å². The highest BCUT2D eigenvalue weighted by Gasteiger charge is 2.26. The van der Waals surface area contributed by atoms with Crippen molar-refractivity contribution in [1.82, 2.24) is 5.32 Å². The molecule has 1 aromatic rings. The van der Waals surface area contributed by atoms with Gasteiger partial charge in [-0.25, -0.2) is 0 Å². The quantitative estimate of drug-likeness (QED) is 0.681. The van der Waals surface area contributed by atoms with Crippen LogP contribution < -0.4 is 5.32 Å². The molecule has 1 aromatic carbocycles. The molecule has 0 spiro atoms. The molecule has 1 aliphatic heterocycles. The Labute approximate surface area is 77.3 Å². The number of carbonyl (C=O) groups is 1. The monoisotopic (exact) mass is 173 g/mol. The zero-order chi connectivity index (χ0) is 9.26. The van der Waals surface area contributed by atoms with Gasteiger partial charge in [-0.1, -0.05) is 24.3 Å². The maximum atomic E-state index is 11.4. The Bertz CT molecular complexity index is 357. The lowest BCUT2D eigenvalue weighted by molar-refractivity contribution is 0.0956. The summed E-state index contributed by atoms with van der Waals surface area (Å²) < 4.78 is 0. The van der Waals surface area contributed by atoms with E-state index < -0.39 is 0 Å². The first kappa shape index (κ1) is 8.05. The number of amides is 1. The van der Waals surface area contributed by atoms with Crippen LogP contribution in [-0.4, -0.2) is 5.91 Å². The Morgan fingerprint density at radius 3 is 3.00 bits per heavy atom. The van der Waals surface area contributed by atoms with Crippen LogP contribution in [0.2, 0.25) is 0 Å². The van der Waals surface area contributed by atoms with Crippen molar-refractivity contribution >= 4 is 5.91 Å². The van der Waals surface area contributed by atoms with Gasteiger partial charge in [-0.2, -0.15) is 0 Å². The van der Waals surface area contributed by atoms with Gasteiger partial charge in [0.2, 0.25) is 0 Å². The Balaban J connectivity index is 2.41. The van der Waals surface area contributed by atoms with Crippen LogP contribution in [-0.2, 0) is 0 Å². The van der Waals surface area contributed by atoms with Gasteiger partial charge in [-0.05, 0) is 18.1 Å². The standard InChI is InChI=1S/C11H11NO/c1-2-5-10-8-6-3-4-7-9(8)11(13)12-10/h2-4,6-7,10H,1,5H2,(H,12,13)/t10-/m1/s1. The molecule has 1 N–H and O–H groups in total. The van der Waals surface area contributed by atoms with Gasteiger partial charge in [0.15, 0.2) is 0 Å². The van der Waals surface area contributed by atoms with Gasteiger partial charge in [0.25, 0.3) is 5.91 Å². The van der Waals surface area contributed by atoms with Crippen LogP contribution >= 0.6 is 0 Å². The number of rotatable bonds is 2. The summed E-state index contributed by atoms with van der Waals surface area (Å²) in [7, 11) is 0. The normalized spacial score (nSPS) is 19.4. The predicted octanol–water partition coefficient (Wildman–Crippen LogP) is 2.05. The summed E-state index contributed by atoms with van der Waals surface area (Å²) >= 11 is 0. The van der Waals surface area contributed by atoms with E-state index in [1.807, 2.05) is 30.3 Å². The summed E-state index contributed by atoms with van der Waals surface area (Å²) in [5.74, 6) is 0.0300. The molecule has 13 heavy (non-hydrogen) atoms. The number of hydrogen-bond acceptors (Lipinski definition) is 1. The molecule has 2 rings (SSSR count). The molecule has 1 heterocycles. The summed E-state index contributed by atoms with van der Waals surface area (Å²) in [5.41, 5.74) is 1.89. The summed E-state index contributed by atoms with van der Waals surface area (Å²) in [6.45, 7) is 3.67. The predicted molar refractivity (Wildman–Crippen MR) is 51.5 cm³/mol. The first-order valence-electron chi connectivity index (χ1n) is 4.33. The topological polar surface area (TPSA) is 29.1 Å². The van der Waals surface area contributed by atoms with E-state index in [-0.39, 0.29) is 11.9 Å². The fourth-order valence-electron chi connectivity index (χ4n) is 1.67. The van der Waals surface area contributed by atoms with Crippen LogP contribution in [0.15, 0.2) is 36.9 Å². The van der Waals surface area contributed by atoms with Gasteiger partial charge in [0.1, 0.15) is 0 Å². The minimum absolute atomic E-state index is 0.0300. The lowest BCUT2D eigenvalue weighted by Gasteiger charge is -2.07. The molecule has 0 aliphatic carbocycles. The van der Waals surface area contributed by atoms with Crippen LogP contribution in [0.3, 0.4) is 0 Å². The maximum absolute atomic E-state index is 11.4. The Morgan fingerprint density at radius 1 is 1.46 bits per heavy atom. The molecule has 0 radical (unpaired) electrons. The molecule has 0 unspecified atom stereocenters. The lowest BCUT2D eigenvalue weighted by Crippen LogP contribution is -2.18. The number of fused-ring (bicyclic) bond motifs is 1. The van der Waals surface area contributed by atoms with Crippen molar-refractivity contribution in [3.05, 3.63) is 48.0 Å². The van der Waals surface area contributed by atoms with Crippen LogP contribution in [0, 0.1) is 0 Å². The molecule has 2 heteroatoms. The molecule has 1 atom stereocenters. The summed E-state index contributed by atoms with van der Waals surface area (Å²) in [5, 5.41) is 2.91. The van der Waals surface area contributed by atoms with Gasteiger partial charge in [0.05, 0.1) is 6.04 Å². The van der Waals surface area contributed by atoms with E-state index in [2.05, 4.69) is 11.9 Å². The molecule has 1 amide bonds. The molecule has 2 nitrogen and oxygen atoms in total. The maximum Gasteiger partial charge on any atom is 0.252 e. The molecule has 1 aliphatic rings. The molecule has 0 bridgehead atoms. The lowest BCUT2D eigenvalue weighted by atomic mass is 10.0. The zero-order valence-corrected chi connectivity index (χ0v) is 7.29. The van der Waals surface area contributed by atoms with Crippen molar-refractivity contribution in [3.63, 3.8) is 0 Å². The second-order valence-corrected chi connectivity index (χ2v) is 3.14. The molecular formula is C11H11NO. The van der Waals surface area contributed by atoms with Crippen LogP contribution in [0.25, 0.3) is 0 Å². The Hall–Kier alpha value is -1.57. The van der Waals surface area contributed by atoms with Crippen LogP contribution in [0.1, 0.15) is 28.4 Å². The van der Waals surface area contributed by atoms with E-state index in [0.29, 0.717) is 0 Å². The molecule has 66 valence electrons. The number of carbonyl (C=O) groups excluding carboxylic acids is 1. The number of hydrogen-bond donors (Lipinski definition) is 1. The Kier molecular flexibility index (Phi) is 1.89. The fraction of sp³-hybridized carbons (Fsp3) is 0.182. The average molecular weight is 173 g/mol. The smallest absolute Gasteiger partial charge is 0.252 e. The van der Waals surface area contributed by atoms with Gasteiger partial charge < -0.3 is 5.32 Å². The van der Waals surface area contributed by atoms with Crippen LogP contribution in [0.5, 0.6) is 0 Å². The van der Waals surface area contributed by atoms with E-state index in [1.165, 1.54) is 0 Å². The van der Waals surface area contributed by atoms with E-state index in [9.17, 15) is 4.79 Å². The molecule has 0 aromatic heterocycles. The summed E-state index contributed by atoms with van der Waals surface area (Å²) in [4.78, 5) is 11.4. The highest BCUT2D eigenvalue weighted by Crippen LogP contribution is 2.27. The first-order valence-corrected chi connectivity index (χ1v) is 4.33. The first-order chi connectivity index (χ1) is 6.33. The average Bonchev–Trinajstić information content (AvgIpc) is 2.46. The molecule has 0 fully saturated rings. The second kappa shape index (κ2) is 3.05. The highest BCUT2D eigenvalue weighted by molar-refractivity contribution is 5.99. The fourth-order valence-corrected chi connectivity index (χ4v) is 1.67. The van der Waals surface area contributed by atoms with Gasteiger partial charge in [0, 0.05) is 5.56 Å². The summed E-state index contributed by atoms with van der Waals surface area (Å²) in [6, 6.07) is 7.81. The minimum atomic E-state index is 0.0300. The molecule has 0 saturated carbocycles.